The van der Waals surface area contributed by atoms with Gasteiger partial charge in [0.15, 0.2) is 0 Å². The number of hydrogen-bond acceptors (Lipinski definition) is 3. The van der Waals surface area contributed by atoms with E-state index in [4.69, 9.17) is 4.74 Å². The number of ether oxygens (including phenoxy) is 1. The lowest BCUT2D eigenvalue weighted by Crippen LogP contribution is -2.31. The highest BCUT2D eigenvalue weighted by Gasteiger charge is 2.19. The van der Waals surface area contributed by atoms with Crippen molar-refractivity contribution in [3.63, 3.8) is 0 Å². The van der Waals surface area contributed by atoms with Gasteiger partial charge in [0.05, 0.1) is 6.10 Å². The molecule has 1 saturated heterocycles. The second-order valence-corrected chi connectivity index (χ2v) is 6.88. The molecule has 2 aliphatic heterocycles. The summed E-state index contributed by atoms with van der Waals surface area (Å²) in [6.45, 7) is 2.49. The van der Waals surface area contributed by atoms with Crippen LogP contribution in [0, 0.1) is 0 Å². The molecule has 2 amide bonds. The number of carbonyl (C=O) groups excluding carboxylic acids is 1. The van der Waals surface area contributed by atoms with Crippen LogP contribution in [-0.4, -0.2) is 31.8 Å². The normalized spacial score (nSPS) is 18.6. The molecular weight excluding hydrogens is 326 g/mol. The Hall–Kier alpha value is -2.53. The Morgan fingerprint density at radius 3 is 2.81 bits per heavy atom. The van der Waals surface area contributed by atoms with E-state index in [-0.39, 0.29) is 6.03 Å². The monoisotopic (exact) mass is 351 g/mol. The first-order valence-electron chi connectivity index (χ1n) is 9.41. The van der Waals surface area contributed by atoms with Gasteiger partial charge in [-0.2, -0.15) is 0 Å². The smallest absolute Gasteiger partial charge is 0.319 e. The molecule has 0 saturated carbocycles. The fourth-order valence-electron chi connectivity index (χ4n) is 3.73. The first kappa shape index (κ1) is 16.9. The molecule has 5 heteroatoms. The highest BCUT2D eigenvalue weighted by atomic mass is 16.5. The number of benzene rings is 2. The zero-order chi connectivity index (χ0) is 17.8. The molecule has 136 valence electrons. The summed E-state index contributed by atoms with van der Waals surface area (Å²) in [7, 11) is 0. The van der Waals surface area contributed by atoms with Crippen molar-refractivity contribution < 1.29 is 9.53 Å². The molecule has 4 rings (SSSR count). The van der Waals surface area contributed by atoms with Gasteiger partial charge >= 0.3 is 6.03 Å². The van der Waals surface area contributed by atoms with Crippen LogP contribution < -0.4 is 15.5 Å². The van der Waals surface area contributed by atoms with Gasteiger partial charge in [-0.3, -0.25) is 0 Å². The highest BCUT2D eigenvalue weighted by Crippen LogP contribution is 2.34. The molecule has 1 atom stereocenters. The zero-order valence-electron chi connectivity index (χ0n) is 14.9. The summed E-state index contributed by atoms with van der Waals surface area (Å²) in [5.74, 6) is 0. The van der Waals surface area contributed by atoms with Crippen LogP contribution in [0.4, 0.5) is 21.9 Å². The van der Waals surface area contributed by atoms with Gasteiger partial charge < -0.3 is 20.3 Å². The van der Waals surface area contributed by atoms with Crippen molar-refractivity contribution in [3.05, 3.63) is 54.1 Å². The summed E-state index contributed by atoms with van der Waals surface area (Å²) in [6.07, 6.45) is 4.48. The van der Waals surface area contributed by atoms with E-state index in [1.54, 1.807) is 0 Å². The number of amides is 2. The second kappa shape index (κ2) is 7.79. The Morgan fingerprint density at radius 2 is 2.00 bits per heavy atom. The highest BCUT2D eigenvalue weighted by molar-refractivity contribution is 5.89. The lowest BCUT2D eigenvalue weighted by atomic mass is 10.2. The molecule has 2 heterocycles. The predicted molar refractivity (Wildman–Crippen MR) is 104 cm³/mol. The lowest BCUT2D eigenvalue weighted by Gasteiger charge is -2.20. The van der Waals surface area contributed by atoms with Gasteiger partial charge in [-0.25, -0.2) is 4.79 Å². The molecule has 0 bridgehead atoms. The maximum absolute atomic E-state index is 12.0. The van der Waals surface area contributed by atoms with E-state index in [1.807, 2.05) is 12.1 Å². The number of nitrogens with one attached hydrogen (secondary N) is 2. The SMILES string of the molecule is O=C(NCC[C@H]1CCCO1)Nc1ccc(N2CCc3ccccc32)cc1. The van der Waals surface area contributed by atoms with Crippen LogP contribution in [0.25, 0.3) is 0 Å². The van der Waals surface area contributed by atoms with E-state index < -0.39 is 0 Å². The van der Waals surface area contributed by atoms with Crippen LogP contribution >= 0.6 is 0 Å². The number of rotatable bonds is 5. The van der Waals surface area contributed by atoms with Crippen molar-refractivity contribution in [2.45, 2.75) is 31.8 Å². The molecule has 2 aromatic carbocycles. The van der Waals surface area contributed by atoms with Crippen LogP contribution in [0.5, 0.6) is 0 Å². The molecule has 2 aliphatic rings. The Kier molecular flexibility index (Phi) is 5.07. The van der Waals surface area contributed by atoms with Crippen LogP contribution in [-0.2, 0) is 11.2 Å². The molecule has 2 N–H and O–H groups in total. The zero-order valence-corrected chi connectivity index (χ0v) is 14.9. The summed E-state index contributed by atoms with van der Waals surface area (Å²) in [4.78, 5) is 14.3. The molecule has 2 aromatic rings. The van der Waals surface area contributed by atoms with Crippen LogP contribution in [0.15, 0.2) is 48.5 Å². The summed E-state index contributed by atoms with van der Waals surface area (Å²) >= 11 is 0. The van der Waals surface area contributed by atoms with E-state index in [2.05, 4.69) is 51.9 Å². The van der Waals surface area contributed by atoms with E-state index in [1.165, 1.54) is 11.3 Å². The fourth-order valence-corrected chi connectivity index (χ4v) is 3.73. The summed E-state index contributed by atoms with van der Waals surface area (Å²) in [5, 5.41) is 5.80. The third kappa shape index (κ3) is 3.83. The summed E-state index contributed by atoms with van der Waals surface area (Å²) in [5.41, 5.74) is 4.62. The van der Waals surface area contributed by atoms with Crippen molar-refractivity contribution in [1.82, 2.24) is 5.32 Å². The number of carbonyl (C=O) groups is 1. The predicted octanol–water partition coefficient (Wildman–Crippen LogP) is 4.07. The van der Waals surface area contributed by atoms with Crippen molar-refractivity contribution in [2.24, 2.45) is 0 Å². The van der Waals surface area contributed by atoms with Gasteiger partial charge in [0.25, 0.3) is 0 Å². The molecule has 1 fully saturated rings. The molecule has 0 aromatic heterocycles. The minimum Gasteiger partial charge on any atom is -0.378 e. The van der Waals surface area contributed by atoms with E-state index in [9.17, 15) is 4.79 Å². The van der Waals surface area contributed by atoms with Gasteiger partial charge in [0.2, 0.25) is 0 Å². The average Bonchev–Trinajstić information content (AvgIpc) is 3.32. The first-order valence-corrected chi connectivity index (χ1v) is 9.41. The van der Waals surface area contributed by atoms with Crippen molar-refractivity contribution in [1.29, 1.82) is 0 Å². The van der Waals surface area contributed by atoms with Crippen molar-refractivity contribution in [2.75, 3.05) is 29.9 Å². The number of fused-ring (bicyclic) bond motifs is 1. The summed E-state index contributed by atoms with van der Waals surface area (Å²) in [6, 6.07) is 16.4. The van der Waals surface area contributed by atoms with E-state index >= 15 is 0 Å². The number of para-hydroxylation sites is 1. The Bertz CT molecular complexity index is 754. The largest absolute Gasteiger partial charge is 0.378 e. The maximum Gasteiger partial charge on any atom is 0.319 e. The molecule has 0 aliphatic carbocycles. The Labute approximate surface area is 154 Å². The van der Waals surface area contributed by atoms with Gasteiger partial charge in [-0.1, -0.05) is 18.2 Å². The van der Waals surface area contributed by atoms with E-state index in [0.29, 0.717) is 12.6 Å². The van der Waals surface area contributed by atoms with Crippen LogP contribution in [0.1, 0.15) is 24.8 Å². The van der Waals surface area contributed by atoms with Gasteiger partial charge in [0, 0.05) is 36.8 Å². The van der Waals surface area contributed by atoms with Crippen LogP contribution in [0.3, 0.4) is 0 Å². The van der Waals surface area contributed by atoms with Crippen molar-refractivity contribution >= 4 is 23.1 Å². The minimum atomic E-state index is -0.165. The molecule has 0 unspecified atom stereocenters. The Morgan fingerprint density at radius 1 is 1.15 bits per heavy atom. The topological polar surface area (TPSA) is 53.6 Å². The molecule has 5 nitrogen and oxygen atoms in total. The summed E-state index contributed by atoms with van der Waals surface area (Å²) < 4.78 is 5.56. The Balaban J connectivity index is 1.30. The first-order chi connectivity index (χ1) is 12.8. The van der Waals surface area contributed by atoms with Gasteiger partial charge in [-0.05, 0) is 61.6 Å². The minimum absolute atomic E-state index is 0.165. The fraction of sp³-hybridized carbons (Fsp3) is 0.381. The third-order valence-corrected chi connectivity index (χ3v) is 5.10. The quantitative estimate of drug-likeness (QED) is 0.854. The maximum atomic E-state index is 12.0. The molecule has 0 spiro atoms. The van der Waals surface area contributed by atoms with Gasteiger partial charge in [0.1, 0.15) is 0 Å². The third-order valence-electron chi connectivity index (χ3n) is 5.10. The molecular formula is C21H25N3O2. The van der Waals surface area contributed by atoms with Crippen molar-refractivity contribution in [3.8, 4) is 0 Å². The number of anilines is 3. The number of urea groups is 1. The van der Waals surface area contributed by atoms with E-state index in [0.717, 1.165) is 50.2 Å². The second-order valence-electron chi connectivity index (χ2n) is 6.88. The van der Waals surface area contributed by atoms with Gasteiger partial charge in [-0.15, -0.1) is 0 Å². The average molecular weight is 351 g/mol. The van der Waals surface area contributed by atoms with Crippen LogP contribution in [0.2, 0.25) is 0 Å². The standard InChI is InChI=1S/C21H25N3O2/c25-21(22-13-11-19-5-3-15-26-19)23-17-7-9-18(10-8-17)24-14-12-16-4-1-2-6-20(16)24/h1-2,4,6-10,19H,3,5,11-15H2,(H2,22,23,25)/t19-/m1/s1. The molecule has 0 radical (unpaired) electrons. The molecule has 26 heavy (non-hydrogen) atoms. The number of hydrogen-bond donors (Lipinski definition) is 2. The number of nitrogens with zero attached hydrogens (tertiary/aromatic N) is 1. The lowest BCUT2D eigenvalue weighted by molar-refractivity contribution is 0.105.